The molecule has 1 aromatic heterocycles. The molecule has 7 heteroatoms. The lowest BCUT2D eigenvalue weighted by Gasteiger charge is -2.10. The Morgan fingerprint density at radius 3 is 2.94 bits per heavy atom. The van der Waals surface area contributed by atoms with Crippen molar-refractivity contribution in [3.05, 3.63) is 27.4 Å². The summed E-state index contributed by atoms with van der Waals surface area (Å²) in [6.45, 7) is 0. The van der Waals surface area contributed by atoms with Gasteiger partial charge < -0.3 is 20.0 Å². The van der Waals surface area contributed by atoms with E-state index in [-0.39, 0.29) is 6.42 Å². The number of benzene rings is 1. The minimum atomic E-state index is -1.09. The van der Waals surface area contributed by atoms with Gasteiger partial charge in [-0.3, -0.25) is 4.79 Å². The Morgan fingerprint density at radius 1 is 1.61 bits per heavy atom. The predicted octanol–water partition coefficient (Wildman–Crippen LogP) is 0.817. The second kappa shape index (κ2) is 4.79. The summed E-state index contributed by atoms with van der Waals surface area (Å²) in [7, 11) is 1.47. The Morgan fingerprint density at radius 2 is 2.33 bits per heavy atom. The molecule has 1 heterocycles. The molecule has 0 aliphatic heterocycles. The summed E-state index contributed by atoms with van der Waals surface area (Å²) in [4.78, 5) is 21.4. The summed E-state index contributed by atoms with van der Waals surface area (Å²) in [5.41, 5.74) is 6.49. The number of hydrogen-bond acceptors (Lipinski definition) is 6. The molecule has 1 aromatic carbocycles. The van der Waals surface area contributed by atoms with Crippen LogP contribution in [0.1, 0.15) is 5.56 Å². The van der Waals surface area contributed by atoms with Gasteiger partial charge in [0, 0.05) is 18.1 Å². The Bertz CT molecular complexity index is 644. The minimum Gasteiger partial charge on any atom is -0.496 e. The number of aliphatic carboxylic acids is 1. The molecule has 18 heavy (non-hydrogen) atoms. The first-order valence-electron chi connectivity index (χ1n) is 5.10. The average Bonchev–Trinajstić information content (AvgIpc) is 2.66. The van der Waals surface area contributed by atoms with E-state index in [4.69, 9.17) is 20.0 Å². The average molecular weight is 269 g/mol. The molecule has 0 radical (unpaired) electrons. The van der Waals surface area contributed by atoms with Gasteiger partial charge in [-0.25, -0.2) is 4.79 Å². The van der Waals surface area contributed by atoms with Crippen molar-refractivity contribution in [2.45, 2.75) is 12.5 Å². The molecular formula is C11H11NO5S. The van der Waals surface area contributed by atoms with Crippen LogP contribution in [0.25, 0.3) is 10.3 Å². The van der Waals surface area contributed by atoms with Gasteiger partial charge in [0.15, 0.2) is 0 Å². The number of carboxylic acid groups (broad SMARTS) is 1. The molecule has 6 nitrogen and oxygen atoms in total. The summed E-state index contributed by atoms with van der Waals surface area (Å²) < 4.78 is 10.8. The number of hydrogen-bond donors (Lipinski definition) is 2. The van der Waals surface area contributed by atoms with Gasteiger partial charge in [-0.1, -0.05) is 11.3 Å². The van der Waals surface area contributed by atoms with E-state index in [1.165, 1.54) is 7.11 Å². The molecule has 1 unspecified atom stereocenters. The predicted molar refractivity (Wildman–Crippen MR) is 66.2 cm³/mol. The van der Waals surface area contributed by atoms with Crippen LogP contribution < -0.4 is 15.4 Å². The van der Waals surface area contributed by atoms with E-state index in [0.29, 0.717) is 21.6 Å². The highest BCUT2D eigenvalue weighted by Crippen LogP contribution is 2.28. The van der Waals surface area contributed by atoms with E-state index in [2.05, 4.69) is 0 Å². The monoisotopic (exact) mass is 269 g/mol. The molecule has 0 bridgehead atoms. The normalized spacial score (nSPS) is 12.6. The third-order valence-electron chi connectivity index (χ3n) is 2.49. The van der Waals surface area contributed by atoms with Gasteiger partial charge in [-0.15, -0.1) is 0 Å². The number of ether oxygens (including phenoxy) is 1. The van der Waals surface area contributed by atoms with E-state index in [1.54, 1.807) is 12.1 Å². The van der Waals surface area contributed by atoms with Gasteiger partial charge in [-0.2, -0.15) is 0 Å². The van der Waals surface area contributed by atoms with E-state index in [1.807, 2.05) is 0 Å². The molecule has 1 atom stereocenters. The van der Waals surface area contributed by atoms with Crippen molar-refractivity contribution in [1.29, 1.82) is 0 Å². The smallest absolute Gasteiger partial charge is 0.396 e. The first-order chi connectivity index (χ1) is 8.51. The molecule has 2 aromatic rings. The third-order valence-corrected chi connectivity index (χ3v) is 3.28. The molecule has 0 saturated heterocycles. The molecule has 0 saturated carbocycles. The van der Waals surface area contributed by atoms with Crippen LogP contribution in [0.5, 0.6) is 5.75 Å². The van der Waals surface area contributed by atoms with Crippen molar-refractivity contribution < 1.29 is 19.1 Å². The molecule has 0 aliphatic carbocycles. The van der Waals surface area contributed by atoms with Crippen molar-refractivity contribution in [2.75, 3.05) is 7.11 Å². The maximum absolute atomic E-state index is 11.1. The molecule has 0 amide bonds. The molecule has 2 rings (SSSR count). The number of nitrogens with two attached hydrogens (primary N) is 1. The summed E-state index contributed by atoms with van der Waals surface area (Å²) in [5, 5.41) is 8.79. The molecule has 3 N–H and O–H groups in total. The van der Waals surface area contributed by atoms with Gasteiger partial charge >= 0.3 is 10.9 Å². The fourth-order valence-electron chi connectivity index (χ4n) is 1.62. The highest BCUT2D eigenvalue weighted by Gasteiger charge is 2.17. The van der Waals surface area contributed by atoms with Crippen LogP contribution in [0, 0.1) is 0 Å². The summed E-state index contributed by atoms with van der Waals surface area (Å²) in [5.74, 6) is -0.597. The molecule has 96 valence electrons. The lowest BCUT2D eigenvalue weighted by molar-refractivity contribution is -0.138. The van der Waals surface area contributed by atoms with Crippen molar-refractivity contribution in [2.24, 2.45) is 5.73 Å². The lowest BCUT2D eigenvalue weighted by Crippen LogP contribution is -2.32. The number of methoxy groups -OCH3 is 1. The molecular weight excluding hydrogens is 258 g/mol. The van der Waals surface area contributed by atoms with Gasteiger partial charge in [0.1, 0.15) is 17.4 Å². The lowest BCUT2D eigenvalue weighted by atomic mass is 10.1. The zero-order chi connectivity index (χ0) is 13.3. The minimum absolute atomic E-state index is 0.105. The van der Waals surface area contributed by atoms with Crippen molar-refractivity contribution in [1.82, 2.24) is 0 Å². The fraction of sp³-hybridized carbons (Fsp3) is 0.273. The van der Waals surface area contributed by atoms with Crippen molar-refractivity contribution in [3.8, 4) is 5.75 Å². The van der Waals surface area contributed by atoms with E-state index in [0.717, 1.165) is 11.3 Å². The highest BCUT2D eigenvalue weighted by molar-refractivity contribution is 7.16. The first-order valence-corrected chi connectivity index (χ1v) is 5.92. The standard InChI is InChI=1S/C11H11NO5S/c1-16-7-4-9-8(17-11(15)18-9)3-5(7)2-6(12)10(13)14/h3-4,6H,2,12H2,1H3,(H,13,14). The number of carbonyl (C=O) groups is 1. The van der Waals surface area contributed by atoms with Crippen LogP contribution in [0.4, 0.5) is 0 Å². The van der Waals surface area contributed by atoms with E-state index >= 15 is 0 Å². The second-order valence-corrected chi connectivity index (χ2v) is 4.69. The van der Waals surface area contributed by atoms with Crippen LogP contribution in [0.15, 0.2) is 21.3 Å². The SMILES string of the molecule is COc1cc2sc(=O)oc2cc1CC(N)C(=O)O. The fourth-order valence-corrected chi connectivity index (χ4v) is 2.30. The zero-order valence-corrected chi connectivity index (χ0v) is 10.3. The molecule has 0 fully saturated rings. The summed E-state index contributed by atoms with van der Waals surface area (Å²) in [6, 6.07) is 2.21. The van der Waals surface area contributed by atoms with Crippen LogP contribution in [-0.4, -0.2) is 24.2 Å². The zero-order valence-electron chi connectivity index (χ0n) is 9.50. The van der Waals surface area contributed by atoms with Gasteiger partial charge in [-0.05, 0) is 6.07 Å². The van der Waals surface area contributed by atoms with Crippen LogP contribution in [0.2, 0.25) is 0 Å². The van der Waals surface area contributed by atoms with Crippen LogP contribution in [0.3, 0.4) is 0 Å². The number of carboxylic acids is 1. The Hall–Kier alpha value is -1.86. The van der Waals surface area contributed by atoms with Crippen LogP contribution >= 0.6 is 11.3 Å². The maximum Gasteiger partial charge on any atom is 0.396 e. The topological polar surface area (TPSA) is 103 Å². The Labute approximate surface area is 106 Å². The molecule has 0 spiro atoms. The van der Waals surface area contributed by atoms with Gasteiger partial charge in [0.2, 0.25) is 0 Å². The Kier molecular flexibility index (Phi) is 3.35. The number of fused-ring (bicyclic) bond motifs is 1. The summed E-state index contributed by atoms with van der Waals surface area (Å²) in [6.07, 6.45) is 0.105. The maximum atomic E-state index is 11.1. The second-order valence-electron chi connectivity index (χ2n) is 3.71. The largest absolute Gasteiger partial charge is 0.496 e. The van der Waals surface area contributed by atoms with Crippen LogP contribution in [-0.2, 0) is 11.2 Å². The van der Waals surface area contributed by atoms with Crippen molar-refractivity contribution in [3.63, 3.8) is 0 Å². The van der Waals surface area contributed by atoms with Gasteiger partial charge in [0.05, 0.1) is 11.8 Å². The number of rotatable bonds is 4. The summed E-state index contributed by atoms with van der Waals surface area (Å²) >= 11 is 0.966. The van der Waals surface area contributed by atoms with Crippen molar-refractivity contribution >= 4 is 27.6 Å². The van der Waals surface area contributed by atoms with E-state index < -0.39 is 17.0 Å². The first kappa shape index (κ1) is 12.6. The van der Waals surface area contributed by atoms with E-state index in [9.17, 15) is 9.59 Å². The quantitative estimate of drug-likeness (QED) is 0.851. The highest BCUT2D eigenvalue weighted by atomic mass is 32.1. The Balaban J connectivity index is 2.47. The third kappa shape index (κ3) is 2.36. The van der Waals surface area contributed by atoms with Gasteiger partial charge in [0.25, 0.3) is 0 Å². The molecule has 0 aliphatic rings.